The van der Waals surface area contributed by atoms with Crippen LogP contribution in [-0.2, 0) is 9.53 Å². The Morgan fingerprint density at radius 2 is 1.81 bits per heavy atom. The molecule has 1 aliphatic heterocycles. The molecule has 1 fully saturated rings. The first kappa shape index (κ1) is 17.7. The predicted molar refractivity (Wildman–Crippen MR) is 95.6 cm³/mol. The summed E-state index contributed by atoms with van der Waals surface area (Å²) in [5.74, 6) is -0.305. The van der Waals surface area contributed by atoms with Gasteiger partial charge in [0.15, 0.2) is 12.4 Å². The van der Waals surface area contributed by atoms with Crippen LogP contribution >= 0.6 is 0 Å². The molecule has 2 aromatic rings. The van der Waals surface area contributed by atoms with Gasteiger partial charge in [0.05, 0.1) is 18.4 Å². The summed E-state index contributed by atoms with van der Waals surface area (Å²) in [7, 11) is 1.54. The quantitative estimate of drug-likeness (QED) is 0.590. The van der Waals surface area contributed by atoms with Gasteiger partial charge in [-0.1, -0.05) is 12.1 Å². The maximum Gasteiger partial charge on any atom is 0.340 e. The van der Waals surface area contributed by atoms with E-state index in [4.69, 9.17) is 9.47 Å². The third-order valence-electron chi connectivity index (χ3n) is 4.23. The summed E-state index contributed by atoms with van der Waals surface area (Å²) >= 11 is 0. The van der Waals surface area contributed by atoms with Crippen molar-refractivity contribution in [1.29, 1.82) is 0 Å². The molecule has 0 spiro atoms. The summed E-state index contributed by atoms with van der Waals surface area (Å²) in [5, 5.41) is 0. The molecule has 1 heterocycles. The first-order valence-electron chi connectivity index (χ1n) is 8.34. The molecule has 0 aliphatic carbocycles. The molecule has 1 aliphatic rings. The lowest BCUT2D eigenvalue weighted by Crippen LogP contribution is -2.26. The highest BCUT2D eigenvalue weighted by Crippen LogP contribution is 2.26. The summed E-state index contributed by atoms with van der Waals surface area (Å²) in [6, 6.07) is 13.3. The number of methoxy groups -OCH3 is 1. The molecule has 0 unspecified atom stereocenters. The summed E-state index contributed by atoms with van der Waals surface area (Å²) in [6.07, 6.45) is 1.23. The molecule has 0 atom stereocenters. The van der Waals surface area contributed by atoms with Crippen LogP contribution in [0.3, 0.4) is 0 Å². The number of Topliss-reactive ketones (excluding diaryl/α,β-unsaturated/α-hetero) is 1. The lowest BCUT2D eigenvalue weighted by Gasteiger charge is -2.18. The number of rotatable bonds is 6. The van der Waals surface area contributed by atoms with Crippen LogP contribution in [0.1, 0.15) is 33.6 Å². The third kappa shape index (κ3) is 3.74. The normalized spacial score (nSPS) is 13.6. The van der Waals surface area contributed by atoms with Crippen LogP contribution in [-0.4, -0.2) is 37.9 Å². The Kier molecular flexibility index (Phi) is 5.31. The van der Waals surface area contributed by atoms with Crippen LogP contribution in [0.25, 0.3) is 0 Å². The SMILES string of the molecule is COc1ccc(C(=O)COC(=O)c2ccccc2N2CCCC2=O)cc1. The Balaban J connectivity index is 1.68. The van der Waals surface area contributed by atoms with Crippen molar-refractivity contribution in [2.75, 3.05) is 25.2 Å². The van der Waals surface area contributed by atoms with E-state index in [0.29, 0.717) is 30.0 Å². The minimum atomic E-state index is -0.623. The molecule has 3 rings (SSSR count). The highest BCUT2D eigenvalue weighted by atomic mass is 16.5. The molecule has 6 nitrogen and oxygen atoms in total. The van der Waals surface area contributed by atoms with E-state index in [1.54, 1.807) is 60.5 Å². The van der Waals surface area contributed by atoms with E-state index in [9.17, 15) is 14.4 Å². The van der Waals surface area contributed by atoms with Crippen molar-refractivity contribution < 1.29 is 23.9 Å². The smallest absolute Gasteiger partial charge is 0.340 e. The predicted octanol–water partition coefficient (Wildman–Crippen LogP) is 2.86. The zero-order chi connectivity index (χ0) is 18.5. The van der Waals surface area contributed by atoms with E-state index in [1.807, 2.05) is 0 Å². The van der Waals surface area contributed by atoms with Crippen LogP contribution in [0.4, 0.5) is 5.69 Å². The lowest BCUT2D eigenvalue weighted by molar-refractivity contribution is -0.117. The Morgan fingerprint density at radius 1 is 1.08 bits per heavy atom. The van der Waals surface area contributed by atoms with Gasteiger partial charge in [-0.15, -0.1) is 0 Å². The number of esters is 1. The van der Waals surface area contributed by atoms with E-state index in [2.05, 4.69) is 0 Å². The van der Waals surface area contributed by atoms with E-state index in [-0.39, 0.29) is 23.9 Å². The van der Waals surface area contributed by atoms with Gasteiger partial charge in [0.25, 0.3) is 0 Å². The summed E-state index contributed by atoms with van der Waals surface area (Å²) in [6.45, 7) is 0.210. The standard InChI is InChI=1S/C20H19NO5/c1-25-15-10-8-14(9-11-15)18(22)13-26-20(24)16-5-2-3-6-17(16)21-12-4-7-19(21)23/h2-3,5-6,8-11H,4,7,12-13H2,1H3. The number of benzene rings is 2. The lowest BCUT2D eigenvalue weighted by atomic mass is 10.1. The molecular formula is C20H19NO5. The van der Waals surface area contributed by atoms with E-state index >= 15 is 0 Å². The average Bonchev–Trinajstić information content (AvgIpc) is 3.11. The second-order valence-electron chi connectivity index (χ2n) is 5.89. The number of nitrogens with zero attached hydrogens (tertiary/aromatic N) is 1. The Morgan fingerprint density at radius 3 is 2.46 bits per heavy atom. The number of ketones is 1. The van der Waals surface area contributed by atoms with Gasteiger partial charge in [-0.3, -0.25) is 9.59 Å². The zero-order valence-electron chi connectivity index (χ0n) is 14.4. The average molecular weight is 353 g/mol. The number of hydrogen-bond acceptors (Lipinski definition) is 5. The fraction of sp³-hybridized carbons (Fsp3) is 0.250. The number of carbonyl (C=O) groups is 3. The zero-order valence-corrected chi connectivity index (χ0v) is 14.4. The molecule has 0 bridgehead atoms. The van der Waals surface area contributed by atoms with Crippen molar-refractivity contribution in [3.8, 4) is 5.75 Å². The molecule has 2 aromatic carbocycles. The third-order valence-corrected chi connectivity index (χ3v) is 4.23. The second kappa shape index (κ2) is 7.82. The number of ether oxygens (including phenoxy) is 2. The molecule has 134 valence electrons. The first-order valence-corrected chi connectivity index (χ1v) is 8.34. The number of anilines is 1. The monoisotopic (exact) mass is 353 g/mol. The largest absolute Gasteiger partial charge is 0.497 e. The molecule has 0 aromatic heterocycles. The van der Waals surface area contributed by atoms with Crippen LogP contribution < -0.4 is 9.64 Å². The van der Waals surface area contributed by atoms with Crippen LogP contribution in [0, 0.1) is 0 Å². The highest BCUT2D eigenvalue weighted by Gasteiger charge is 2.26. The van der Waals surface area contributed by atoms with Gasteiger partial charge in [0.2, 0.25) is 5.91 Å². The van der Waals surface area contributed by atoms with Gasteiger partial charge in [0.1, 0.15) is 5.75 Å². The molecule has 0 radical (unpaired) electrons. The van der Waals surface area contributed by atoms with Crippen molar-refractivity contribution in [3.63, 3.8) is 0 Å². The Hall–Kier alpha value is -3.15. The summed E-state index contributed by atoms with van der Waals surface area (Å²) in [5.41, 5.74) is 1.24. The molecule has 1 saturated heterocycles. The van der Waals surface area contributed by atoms with Crippen molar-refractivity contribution in [1.82, 2.24) is 0 Å². The molecule has 26 heavy (non-hydrogen) atoms. The van der Waals surface area contributed by atoms with E-state index < -0.39 is 5.97 Å². The maximum atomic E-state index is 12.4. The number of amides is 1. The fourth-order valence-electron chi connectivity index (χ4n) is 2.85. The van der Waals surface area contributed by atoms with Crippen LogP contribution in [0.5, 0.6) is 5.75 Å². The minimum Gasteiger partial charge on any atom is -0.497 e. The number of carbonyl (C=O) groups excluding carboxylic acids is 3. The highest BCUT2D eigenvalue weighted by molar-refractivity contribution is 6.04. The molecule has 6 heteroatoms. The fourth-order valence-corrected chi connectivity index (χ4v) is 2.85. The van der Waals surface area contributed by atoms with Crippen LogP contribution in [0.15, 0.2) is 48.5 Å². The first-order chi connectivity index (χ1) is 12.6. The van der Waals surface area contributed by atoms with Crippen molar-refractivity contribution in [2.24, 2.45) is 0 Å². The molecular weight excluding hydrogens is 334 g/mol. The molecule has 1 amide bonds. The summed E-state index contributed by atoms with van der Waals surface area (Å²) in [4.78, 5) is 38.2. The molecule has 0 N–H and O–H groups in total. The van der Waals surface area contributed by atoms with Crippen LogP contribution in [0.2, 0.25) is 0 Å². The minimum absolute atomic E-state index is 0.0143. The van der Waals surface area contributed by atoms with Gasteiger partial charge < -0.3 is 14.4 Å². The molecule has 0 saturated carbocycles. The topological polar surface area (TPSA) is 72.9 Å². The number of hydrogen-bond donors (Lipinski definition) is 0. The Labute approximate surface area is 151 Å². The van der Waals surface area contributed by atoms with Crippen molar-refractivity contribution >= 4 is 23.3 Å². The van der Waals surface area contributed by atoms with E-state index in [1.165, 1.54) is 0 Å². The second-order valence-corrected chi connectivity index (χ2v) is 5.89. The van der Waals surface area contributed by atoms with Crippen molar-refractivity contribution in [2.45, 2.75) is 12.8 Å². The van der Waals surface area contributed by atoms with Gasteiger partial charge in [-0.2, -0.15) is 0 Å². The van der Waals surface area contributed by atoms with Gasteiger partial charge in [-0.05, 0) is 42.8 Å². The summed E-state index contributed by atoms with van der Waals surface area (Å²) < 4.78 is 10.2. The van der Waals surface area contributed by atoms with Gasteiger partial charge in [-0.25, -0.2) is 4.79 Å². The van der Waals surface area contributed by atoms with Gasteiger partial charge >= 0.3 is 5.97 Å². The van der Waals surface area contributed by atoms with Gasteiger partial charge in [0, 0.05) is 18.5 Å². The maximum absolute atomic E-state index is 12.4. The number of para-hydroxylation sites is 1. The Bertz CT molecular complexity index is 828. The van der Waals surface area contributed by atoms with E-state index in [0.717, 1.165) is 6.42 Å². The van der Waals surface area contributed by atoms with Crippen molar-refractivity contribution in [3.05, 3.63) is 59.7 Å².